The van der Waals surface area contributed by atoms with Gasteiger partial charge in [0.15, 0.2) is 0 Å². The number of nitrogens with one attached hydrogen (secondary N) is 1. The van der Waals surface area contributed by atoms with E-state index >= 15 is 0 Å². The third-order valence-corrected chi connectivity index (χ3v) is 5.15. The van der Waals surface area contributed by atoms with Crippen LogP contribution >= 0.6 is 0 Å². The predicted octanol–water partition coefficient (Wildman–Crippen LogP) is 1.69. The van der Waals surface area contributed by atoms with E-state index in [1.165, 1.54) is 10.9 Å². The highest BCUT2D eigenvalue weighted by Gasteiger charge is 2.25. The first-order chi connectivity index (χ1) is 12.2. The summed E-state index contributed by atoms with van der Waals surface area (Å²) in [5.41, 5.74) is 3.58. The third-order valence-electron chi connectivity index (χ3n) is 5.15. The van der Waals surface area contributed by atoms with Crippen LogP contribution in [0.15, 0.2) is 24.3 Å². The van der Waals surface area contributed by atoms with Gasteiger partial charge in [0.1, 0.15) is 0 Å². The molecule has 6 heteroatoms. The molecule has 0 bridgehead atoms. The van der Waals surface area contributed by atoms with Crippen LogP contribution in [0.3, 0.4) is 0 Å². The van der Waals surface area contributed by atoms with Crippen molar-refractivity contribution >= 4 is 22.7 Å². The van der Waals surface area contributed by atoms with Gasteiger partial charge in [-0.1, -0.05) is 18.2 Å². The smallest absolute Gasteiger partial charge is 0.223 e. The molecule has 1 saturated heterocycles. The maximum atomic E-state index is 12.5. The van der Waals surface area contributed by atoms with Crippen LogP contribution in [0, 0.1) is 0 Å². The molecule has 0 aliphatic carbocycles. The second-order valence-electron chi connectivity index (χ2n) is 6.69. The molecule has 6 nitrogen and oxygen atoms in total. The summed E-state index contributed by atoms with van der Waals surface area (Å²) in [6.45, 7) is 3.78. The van der Waals surface area contributed by atoms with Gasteiger partial charge in [0.25, 0.3) is 0 Å². The van der Waals surface area contributed by atoms with Gasteiger partial charge in [0.05, 0.1) is 19.8 Å². The lowest BCUT2D eigenvalue weighted by Gasteiger charge is -2.29. The number of aromatic amines is 1. The van der Waals surface area contributed by atoms with Crippen LogP contribution in [0.5, 0.6) is 0 Å². The fraction of sp³-hybridized carbons (Fsp3) is 0.474. The molecule has 0 spiro atoms. The average molecular weight is 341 g/mol. The molecular formula is C19H23N3O3. The fourth-order valence-electron chi connectivity index (χ4n) is 3.75. The van der Waals surface area contributed by atoms with E-state index in [0.717, 1.165) is 24.2 Å². The SMILES string of the molecule is O=C(CCC(=O)N1CCc2c([nH]c3ccccc23)C1)N1CCOCC1. The van der Waals surface area contributed by atoms with Crippen molar-refractivity contribution < 1.29 is 14.3 Å². The summed E-state index contributed by atoms with van der Waals surface area (Å²) in [6, 6.07) is 8.26. The summed E-state index contributed by atoms with van der Waals surface area (Å²) in [5, 5.41) is 1.26. The van der Waals surface area contributed by atoms with Gasteiger partial charge in [0.2, 0.25) is 11.8 Å². The van der Waals surface area contributed by atoms with Crippen LogP contribution in [-0.2, 0) is 27.3 Å². The van der Waals surface area contributed by atoms with Crippen molar-refractivity contribution in [2.45, 2.75) is 25.8 Å². The minimum atomic E-state index is 0.0555. The number of carbonyl (C=O) groups excluding carboxylic acids is 2. The summed E-state index contributed by atoms with van der Waals surface area (Å²) in [6.07, 6.45) is 1.43. The van der Waals surface area contributed by atoms with E-state index < -0.39 is 0 Å². The Morgan fingerprint density at radius 1 is 1.00 bits per heavy atom. The summed E-state index contributed by atoms with van der Waals surface area (Å²) in [5.74, 6) is 0.117. The minimum Gasteiger partial charge on any atom is -0.378 e. The second-order valence-corrected chi connectivity index (χ2v) is 6.69. The lowest BCUT2D eigenvalue weighted by molar-refractivity contribution is -0.139. The zero-order valence-electron chi connectivity index (χ0n) is 14.3. The molecule has 1 aromatic heterocycles. The van der Waals surface area contributed by atoms with Crippen LogP contribution in [0.4, 0.5) is 0 Å². The number of hydrogen-bond acceptors (Lipinski definition) is 3. The Kier molecular flexibility index (Phi) is 4.44. The Morgan fingerprint density at radius 2 is 1.72 bits per heavy atom. The summed E-state index contributed by atoms with van der Waals surface area (Å²) < 4.78 is 5.26. The molecule has 3 heterocycles. The van der Waals surface area contributed by atoms with Crippen molar-refractivity contribution in [1.29, 1.82) is 0 Å². The Labute approximate surface area is 146 Å². The predicted molar refractivity (Wildman–Crippen MR) is 94.1 cm³/mol. The number of benzene rings is 1. The van der Waals surface area contributed by atoms with Gasteiger partial charge in [-0.2, -0.15) is 0 Å². The number of ether oxygens (including phenoxy) is 1. The third kappa shape index (κ3) is 3.26. The maximum absolute atomic E-state index is 12.5. The Bertz CT molecular complexity index is 792. The molecule has 132 valence electrons. The molecule has 1 fully saturated rings. The summed E-state index contributed by atoms with van der Waals surface area (Å²) in [4.78, 5) is 31.8. The van der Waals surface area contributed by atoms with Crippen LogP contribution < -0.4 is 0 Å². The van der Waals surface area contributed by atoms with Crippen molar-refractivity contribution in [2.24, 2.45) is 0 Å². The summed E-state index contributed by atoms with van der Waals surface area (Å²) >= 11 is 0. The van der Waals surface area contributed by atoms with Crippen LogP contribution in [0.1, 0.15) is 24.1 Å². The molecule has 1 aromatic carbocycles. The van der Waals surface area contributed by atoms with Gasteiger partial charge in [-0.25, -0.2) is 0 Å². The highest BCUT2D eigenvalue weighted by Crippen LogP contribution is 2.27. The standard InChI is InChI=1S/C19H23N3O3/c23-18(21-9-11-25-12-10-21)5-6-19(24)22-8-7-15-14-3-1-2-4-16(14)20-17(15)13-22/h1-4,20H,5-13H2. The zero-order chi connectivity index (χ0) is 17.2. The number of H-pyrrole nitrogens is 1. The number of amides is 2. The molecule has 2 aromatic rings. The number of fused-ring (bicyclic) bond motifs is 3. The van der Waals surface area contributed by atoms with Crippen molar-refractivity contribution in [3.8, 4) is 0 Å². The molecular weight excluding hydrogens is 318 g/mol. The van der Waals surface area contributed by atoms with E-state index in [4.69, 9.17) is 4.74 Å². The van der Waals surface area contributed by atoms with E-state index in [1.807, 2.05) is 17.0 Å². The summed E-state index contributed by atoms with van der Waals surface area (Å²) in [7, 11) is 0. The number of para-hydroxylation sites is 1. The lowest BCUT2D eigenvalue weighted by Crippen LogP contribution is -2.41. The van der Waals surface area contributed by atoms with E-state index in [0.29, 0.717) is 32.8 Å². The lowest BCUT2D eigenvalue weighted by atomic mass is 10.0. The number of morpholine rings is 1. The number of carbonyl (C=O) groups is 2. The van der Waals surface area contributed by atoms with Crippen molar-refractivity contribution in [3.63, 3.8) is 0 Å². The number of aromatic nitrogens is 1. The van der Waals surface area contributed by atoms with Gasteiger partial charge in [-0.15, -0.1) is 0 Å². The highest BCUT2D eigenvalue weighted by molar-refractivity contribution is 5.86. The van der Waals surface area contributed by atoms with Gasteiger partial charge in [0, 0.05) is 49.1 Å². The number of rotatable bonds is 3. The first kappa shape index (κ1) is 16.1. The molecule has 0 unspecified atom stereocenters. The van der Waals surface area contributed by atoms with E-state index in [-0.39, 0.29) is 24.7 Å². The number of nitrogens with zero attached hydrogens (tertiary/aromatic N) is 2. The Balaban J connectivity index is 1.36. The molecule has 25 heavy (non-hydrogen) atoms. The van der Waals surface area contributed by atoms with E-state index in [9.17, 15) is 9.59 Å². The largest absolute Gasteiger partial charge is 0.378 e. The van der Waals surface area contributed by atoms with Gasteiger partial charge in [-0.05, 0) is 18.1 Å². The first-order valence-corrected chi connectivity index (χ1v) is 8.94. The molecule has 0 atom stereocenters. The Hall–Kier alpha value is -2.34. The molecule has 0 saturated carbocycles. The molecule has 1 N–H and O–H groups in total. The maximum Gasteiger partial charge on any atom is 0.223 e. The molecule has 2 aliphatic heterocycles. The van der Waals surface area contributed by atoms with Crippen LogP contribution in [0.25, 0.3) is 10.9 Å². The first-order valence-electron chi connectivity index (χ1n) is 8.94. The van der Waals surface area contributed by atoms with Gasteiger partial charge in [-0.3, -0.25) is 9.59 Å². The highest BCUT2D eigenvalue weighted by atomic mass is 16.5. The normalized spacial score (nSPS) is 17.6. The van der Waals surface area contributed by atoms with E-state index in [2.05, 4.69) is 17.1 Å². The van der Waals surface area contributed by atoms with Crippen molar-refractivity contribution in [1.82, 2.24) is 14.8 Å². The average Bonchev–Trinajstić information content (AvgIpc) is 3.04. The molecule has 0 radical (unpaired) electrons. The van der Waals surface area contributed by atoms with Crippen molar-refractivity contribution in [3.05, 3.63) is 35.5 Å². The van der Waals surface area contributed by atoms with E-state index in [1.54, 1.807) is 4.90 Å². The second kappa shape index (κ2) is 6.88. The molecule has 2 amide bonds. The topological polar surface area (TPSA) is 65.6 Å². The minimum absolute atomic E-state index is 0.0555. The molecule has 4 rings (SSSR count). The Morgan fingerprint density at radius 3 is 2.52 bits per heavy atom. The van der Waals surface area contributed by atoms with Gasteiger partial charge >= 0.3 is 0 Å². The molecule has 2 aliphatic rings. The fourth-order valence-corrected chi connectivity index (χ4v) is 3.75. The van der Waals surface area contributed by atoms with Gasteiger partial charge < -0.3 is 19.5 Å². The van der Waals surface area contributed by atoms with Crippen LogP contribution in [-0.4, -0.2) is 59.4 Å². The van der Waals surface area contributed by atoms with Crippen LogP contribution in [0.2, 0.25) is 0 Å². The zero-order valence-corrected chi connectivity index (χ0v) is 14.3. The monoisotopic (exact) mass is 341 g/mol. The number of hydrogen-bond donors (Lipinski definition) is 1. The van der Waals surface area contributed by atoms with Crippen molar-refractivity contribution in [2.75, 3.05) is 32.8 Å². The quantitative estimate of drug-likeness (QED) is 0.924.